The van der Waals surface area contributed by atoms with E-state index in [2.05, 4.69) is 65.4 Å². The Hall–Kier alpha value is -7.32. The lowest BCUT2D eigenvalue weighted by Crippen LogP contribution is -2.62. The Morgan fingerprint density at radius 2 is 1.03 bits per heavy atom. The number of amides is 11. The molecule has 29 nitrogen and oxygen atoms in total. The molecule has 2 aromatic carbocycles. The molecule has 0 radical (unpaired) electrons. The topological polar surface area (TPSA) is 491 Å². The minimum Gasteiger partial charge on any atom is -0.391 e. The first kappa shape index (κ1) is 75.9. The number of aliphatic hydroxyl groups excluding tert-OH is 2. The minimum absolute atomic E-state index is 0.0175. The molecule has 0 bridgehead atoms. The smallest absolute Gasteiger partial charge is 0.245 e. The molecule has 1 aliphatic heterocycles. The van der Waals surface area contributed by atoms with Gasteiger partial charge in [0, 0.05) is 30.9 Å². The van der Waals surface area contributed by atoms with E-state index in [4.69, 9.17) is 28.7 Å². The van der Waals surface area contributed by atoms with Gasteiger partial charge in [-0.15, -0.1) is 0 Å². The van der Waals surface area contributed by atoms with Crippen LogP contribution in [0.3, 0.4) is 0 Å². The summed E-state index contributed by atoms with van der Waals surface area (Å²) in [7, 11) is 0. The molecule has 1 saturated heterocycles. The third-order valence-corrected chi connectivity index (χ3v) is 15.5. The molecule has 0 saturated carbocycles. The van der Waals surface area contributed by atoms with Gasteiger partial charge in [0.2, 0.25) is 65.0 Å². The Labute approximate surface area is 524 Å². The number of hydrogen-bond acceptors (Lipinski definition) is 19. The van der Waals surface area contributed by atoms with Gasteiger partial charge >= 0.3 is 0 Å². The van der Waals surface area contributed by atoms with E-state index in [1.807, 2.05) is 30.3 Å². The minimum atomic E-state index is -1.70. The van der Waals surface area contributed by atoms with Crippen molar-refractivity contribution in [1.82, 2.24) is 58.5 Å². The van der Waals surface area contributed by atoms with Gasteiger partial charge in [0.05, 0.1) is 12.2 Å². The molecule has 1 aliphatic rings. The molecular formula is C59H96N16O13S. The fourth-order valence-electron chi connectivity index (χ4n) is 9.38. The molecule has 23 N–H and O–H groups in total. The fourth-order valence-corrected chi connectivity index (χ4v) is 10.4. The summed E-state index contributed by atoms with van der Waals surface area (Å²) in [6, 6.07) is 2.83. The van der Waals surface area contributed by atoms with Crippen LogP contribution in [0.5, 0.6) is 0 Å². The molecule has 2 aromatic rings. The number of thioether (sulfide) groups is 1. The van der Waals surface area contributed by atoms with Crippen molar-refractivity contribution in [1.29, 1.82) is 0 Å². The van der Waals surface area contributed by atoms with E-state index in [0.717, 1.165) is 31.2 Å². The van der Waals surface area contributed by atoms with Crippen molar-refractivity contribution in [3.05, 3.63) is 71.8 Å². The third-order valence-electron chi connectivity index (χ3n) is 14.4. The Morgan fingerprint density at radius 3 is 1.56 bits per heavy atom. The monoisotopic (exact) mass is 1270 g/mol. The molecule has 1 fully saturated rings. The van der Waals surface area contributed by atoms with Gasteiger partial charge in [0.1, 0.15) is 60.4 Å². The fraction of sp³-hybridized carbons (Fsp3) is 0.610. The van der Waals surface area contributed by atoms with E-state index in [0.29, 0.717) is 17.7 Å². The van der Waals surface area contributed by atoms with Crippen molar-refractivity contribution in [2.24, 2.45) is 28.7 Å². The summed E-state index contributed by atoms with van der Waals surface area (Å²) in [6.45, 7) is 3.25. The van der Waals surface area contributed by atoms with Gasteiger partial charge in [-0.2, -0.15) is 11.8 Å². The van der Waals surface area contributed by atoms with Gasteiger partial charge in [-0.25, -0.2) is 0 Å². The summed E-state index contributed by atoms with van der Waals surface area (Å²) >= 11 is 1.28. The Balaban J connectivity index is 2.10. The molecule has 1 heterocycles. The van der Waals surface area contributed by atoms with Crippen molar-refractivity contribution in [3.8, 4) is 0 Å². The van der Waals surface area contributed by atoms with E-state index in [9.17, 15) is 63.0 Å². The summed E-state index contributed by atoms with van der Waals surface area (Å²) in [5.74, 6) is -9.48. The van der Waals surface area contributed by atoms with Crippen LogP contribution in [0.15, 0.2) is 60.7 Å². The highest BCUT2D eigenvalue weighted by Gasteiger charge is 2.37. The molecule has 11 amide bonds. The Kier molecular flexibility index (Phi) is 35.7. The van der Waals surface area contributed by atoms with Crippen LogP contribution in [0.1, 0.15) is 109 Å². The summed E-state index contributed by atoms with van der Waals surface area (Å²) in [4.78, 5) is 155. The van der Waals surface area contributed by atoms with Crippen molar-refractivity contribution in [2.75, 3.05) is 45.0 Å². The molecular weight excluding hydrogens is 1170 g/mol. The molecule has 12 atom stereocenters. The lowest BCUT2D eigenvalue weighted by molar-refractivity contribution is -0.137. The Morgan fingerprint density at radius 1 is 0.551 bits per heavy atom. The summed E-state index contributed by atoms with van der Waals surface area (Å²) in [5, 5.41) is 49.9. The normalized spacial score (nSPS) is 21.9. The predicted octanol–water partition coefficient (Wildman–Crippen LogP) is -4.60. The van der Waals surface area contributed by atoms with Crippen LogP contribution in [0.4, 0.5) is 0 Å². The average molecular weight is 1270 g/mol. The van der Waals surface area contributed by atoms with Crippen LogP contribution < -0.4 is 87.2 Å². The molecule has 0 aliphatic carbocycles. The van der Waals surface area contributed by atoms with E-state index in [-0.39, 0.29) is 83.4 Å². The zero-order valence-corrected chi connectivity index (χ0v) is 52.0. The molecule has 0 unspecified atom stereocenters. The molecule has 3 rings (SSSR count). The van der Waals surface area contributed by atoms with Crippen LogP contribution in [0.25, 0.3) is 0 Å². The number of rotatable bonds is 31. The highest BCUT2D eigenvalue weighted by atomic mass is 32.2. The second kappa shape index (κ2) is 41.8. The molecule has 30 heteroatoms. The first-order valence-electron chi connectivity index (χ1n) is 30.4. The van der Waals surface area contributed by atoms with Gasteiger partial charge in [-0.05, 0) is 103 Å². The van der Waals surface area contributed by atoms with Gasteiger partial charge in [-0.3, -0.25) is 52.7 Å². The maximum Gasteiger partial charge on any atom is 0.245 e. The van der Waals surface area contributed by atoms with Crippen LogP contribution in [-0.2, 0) is 64.9 Å². The number of hydrogen-bond donors (Lipinski definition) is 18. The third kappa shape index (κ3) is 27.5. The SMILES string of the molecule is CCCCCCCC(=O)N[C@@H](CCN)C(=O)N[C@H](C(=O)N[C@@H](CCN)C(=O)N[C@H]1CCNC(=O)[C@H]([C@@H](C)O)NC(=O)[C@H](CCN)NC(=O)[C@H](CCN)NC(=O)[C@H](CSCc2ccccc2)NC(=O)[C@@H](Cc2ccccc2)NC(=O)[C@H](CCN)NC1=O)[C@@H](C)O. The number of nitrogens with one attached hydrogen (secondary N) is 11. The van der Waals surface area contributed by atoms with Crippen LogP contribution in [0.2, 0.25) is 0 Å². The van der Waals surface area contributed by atoms with Crippen LogP contribution in [0, 0.1) is 0 Å². The van der Waals surface area contributed by atoms with Gasteiger partial charge in [0.15, 0.2) is 0 Å². The average Bonchev–Trinajstić information content (AvgIpc) is 2.60. The second-order valence-electron chi connectivity index (χ2n) is 21.8. The van der Waals surface area contributed by atoms with E-state index >= 15 is 0 Å². The summed E-state index contributed by atoms with van der Waals surface area (Å²) in [5.41, 5.74) is 31.0. The van der Waals surface area contributed by atoms with E-state index < -0.39 is 151 Å². The number of unbranched alkanes of at least 4 members (excludes halogenated alkanes) is 4. The van der Waals surface area contributed by atoms with Crippen molar-refractivity contribution in [3.63, 3.8) is 0 Å². The maximum absolute atomic E-state index is 14.7. The number of carbonyl (C=O) groups is 11. The first-order chi connectivity index (χ1) is 42.6. The van der Waals surface area contributed by atoms with E-state index in [1.54, 1.807) is 30.3 Å². The molecule has 496 valence electrons. The highest BCUT2D eigenvalue weighted by Crippen LogP contribution is 2.15. The summed E-state index contributed by atoms with van der Waals surface area (Å²) < 4.78 is 0. The maximum atomic E-state index is 14.7. The number of aliphatic hydroxyl groups is 2. The largest absolute Gasteiger partial charge is 0.391 e. The standard InChI is InChI=1S/C59H96N16O13S/c1-4-5-6-7-14-19-47(78)66-39(20-26-60)54(83)75-49(36(3)77)59(88)71-42(23-29-63)51(80)70-44-25-31-65-58(87)48(35(2)76)74-55(84)43(24-30-64)68-50(79)40(21-27-61)69-57(86)46(34-89-33-38-17-12-9-13-18-38)73-56(85)45(32-37-15-10-8-11-16-37)72-52(81)41(22-28-62)67-53(44)82/h8-13,15-18,35-36,39-46,48-49,76-77H,4-7,14,19-34,60-64H2,1-3H3,(H,65,87)(H,66,78)(H,67,82)(H,68,79)(H,69,86)(H,70,80)(H,71,88)(H,72,81)(H,73,85)(H,74,84)(H,75,83)/t35-,36-,39+,40+,41+,42+,43+,44+,45-,46+,48+,49+/m1/s1. The molecule has 0 spiro atoms. The van der Waals surface area contributed by atoms with E-state index in [1.165, 1.54) is 25.6 Å². The quantitative estimate of drug-likeness (QED) is 0.0316. The Bertz CT molecular complexity index is 2580. The van der Waals surface area contributed by atoms with Crippen molar-refractivity contribution < 1.29 is 63.0 Å². The molecule has 0 aromatic heterocycles. The summed E-state index contributed by atoms with van der Waals surface area (Å²) in [6.07, 6.45) is -0.120. The van der Waals surface area contributed by atoms with Crippen LogP contribution >= 0.6 is 11.8 Å². The zero-order chi connectivity index (χ0) is 65.8. The first-order valence-corrected chi connectivity index (χ1v) is 31.6. The lowest BCUT2D eigenvalue weighted by atomic mass is 10.0. The zero-order valence-electron chi connectivity index (χ0n) is 51.2. The lowest BCUT2D eigenvalue weighted by Gasteiger charge is -2.28. The number of benzene rings is 2. The van der Waals surface area contributed by atoms with Gasteiger partial charge in [-0.1, -0.05) is 93.3 Å². The van der Waals surface area contributed by atoms with Gasteiger partial charge < -0.3 is 97.4 Å². The number of carbonyl (C=O) groups excluding carboxylic acids is 11. The van der Waals surface area contributed by atoms with Crippen molar-refractivity contribution >= 4 is 76.7 Å². The number of nitrogens with two attached hydrogens (primary N) is 5. The molecule has 89 heavy (non-hydrogen) atoms. The predicted molar refractivity (Wildman–Crippen MR) is 335 cm³/mol. The second-order valence-corrected chi connectivity index (χ2v) is 22.9. The van der Waals surface area contributed by atoms with Gasteiger partial charge in [0.25, 0.3) is 0 Å². The van der Waals surface area contributed by atoms with Crippen LogP contribution in [-0.4, -0.2) is 193 Å². The van der Waals surface area contributed by atoms with Crippen molar-refractivity contribution in [2.45, 2.75) is 183 Å². The highest BCUT2D eigenvalue weighted by molar-refractivity contribution is 7.98.